The first kappa shape index (κ1) is 12.7. The monoisotopic (exact) mass is 290 g/mol. The SMILES string of the molecule is CCC1CC1Nc1sc(C(=O)C2CC2)c(N)c1C1CC1. The first-order valence-corrected chi connectivity index (χ1v) is 8.73. The highest BCUT2D eigenvalue weighted by Gasteiger charge is 2.40. The summed E-state index contributed by atoms with van der Waals surface area (Å²) in [5.74, 6) is 1.98. The highest BCUT2D eigenvalue weighted by molar-refractivity contribution is 7.19. The van der Waals surface area contributed by atoms with E-state index in [4.69, 9.17) is 5.73 Å². The zero-order valence-corrected chi connectivity index (χ0v) is 12.8. The van der Waals surface area contributed by atoms with Crippen LogP contribution in [0.25, 0.3) is 0 Å². The van der Waals surface area contributed by atoms with Gasteiger partial charge in [0, 0.05) is 17.5 Å². The van der Waals surface area contributed by atoms with Crippen LogP contribution in [0.5, 0.6) is 0 Å². The number of Topliss-reactive ketones (excluding diaryl/α,β-unsaturated/α-hetero) is 1. The van der Waals surface area contributed by atoms with Crippen molar-refractivity contribution in [2.24, 2.45) is 11.8 Å². The van der Waals surface area contributed by atoms with Crippen molar-refractivity contribution < 1.29 is 4.79 Å². The van der Waals surface area contributed by atoms with Gasteiger partial charge in [0.1, 0.15) is 0 Å². The molecule has 0 amide bonds. The van der Waals surface area contributed by atoms with Crippen molar-refractivity contribution in [1.29, 1.82) is 0 Å². The fraction of sp³-hybridized carbons (Fsp3) is 0.688. The molecule has 1 aromatic heterocycles. The van der Waals surface area contributed by atoms with Gasteiger partial charge in [0.2, 0.25) is 0 Å². The lowest BCUT2D eigenvalue weighted by Crippen LogP contribution is -2.05. The van der Waals surface area contributed by atoms with Crippen molar-refractivity contribution in [3.05, 3.63) is 10.4 Å². The van der Waals surface area contributed by atoms with Crippen LogP contribution < -0.4 is 11.1 Å². The topological polar surface area (TPSA) is 55.1 Å². The van der Waals surface area contributed by atoms with Crippen LogP contribution in [0, 0.1) is 11.8 Å². The maximum absolute atomic E-state index is 12.4. The highest BCUT2D eigenvalue weighted by Crippen LogP contribution is 2.53. The number of nitrogens with one attached hydrogen (secondary N) is 1. The van der Waals surface area contributed by atoms with E-state index in [2.05, 4.69) is 12.2 Å². The van der Waals surface area contributed by atoms with E-state index in [1.807, 2.05) is 0 Å². The molecule has 0 radical (unpaired) electrons. The van der Waals surface area contributed by atoms with Gasteiger partial charge in [-0.1, -0.05) is 13.3 Å². The number of hydrogen-bond donors (Lipinski definition) is 2. The molecule has 3 saturated carbocycles. The number of nitrogens with two attached hydrogens (primary N) is 1. The minimum absolute atomic E-state index is 0.264. The summed E-state index contributed by atoms with van der Waals surface area (Å²) in [6.07, 6.45) is 7.08. The number of thiophene rings is 1. The van der Waals surface area contributed by atoms with Crippen LogP contribution in [-0.4, -0.2) is 11.8 Å². The standard InChI is InChI=1S/C16H22N2OS/c1-2-8-7-11(8)18-16-12(9-3-4-9)13(17)15(20-16)14(19)10-5-6-10/h8-11,18H,2-7,17H2,1H3. The summed E-state index contributed by atoms with van der Waals surface area (Å²) in [7, 11) is 0. The fourth-order valence-corrected chi connectivity index (χ4v) is 4.39. The van der Waals surface area contributed by atoms with Crippen molar-refractivity contribution >= 4 is 27.8 Å². The molecule has 0 spiro atoms. The molecule has 108 valence electrons. The molecule has 2 atom stereocenters. The van der Waals surface area contributed by atoms with E-state index in [0.29, 0.717) is 17.7 Å². The summed E-state index contributed by atoms with van der Waals surface area (Å²) in [6.45, 7) is 2.25. The third-order valence-corrected chi connectivity index (χ3v) is 6.07. The van der Waals surface area contributed by atoms with Gasteiger partial charge in [-0.2, -0.15) is 0 Å². The summed E-state index contributed by atoms with van der Waals surface area (Å²) in [4.78, 5) is 13.2. The summed E-state index contributed by atoms with van der Waals surface area (Å²) in [5.41, 5.74) is 8.39. The predicted octanol–water partition coefficient (Wildman–Crippen LogP) is 4.01. The number of hydrogen-bond acceptors (Lipinski definition) is 4. The second kappa shape index (κ2) is 4.48. The maximum Gasteiger partial charge on any atom is 0.178 e. The smallest absolute Gasteiger partial charge is 0.178 e. The number of ketones is 1. The van der Waals surface area contributed by atoms with Crippen molar-refractivity contribution in [3.63, 3.8) is 0 Å². The van der Waals surface area contributed by atoms with Crippen molar-refractivity contribution in [1.82, 2.24) is 0 Å². The first-order chi connectivity index (χ1) is 9.69. The molecule has 2 unspecified atom stereocenters. The van der Waals surface area contributed by atoms with Crippen LogP contribution >= 0.6 is 11.3 Å². The summed E-state index contributed by atoms with van der Waals surface area (Å²) >= 11 is 1.63. The molecule has 3 nitrogen and oxygen atoms in total. The largest absolute Gasteiger partial charge is 0.397 e. The molecule has 0 aliphatic heterocycles. The number of carbonyl (C=O) groups excluding carboxylic acids is 1. The Kier molecular flexibility index (Phi) is 2.85. The molecule has 4 heteroatoms. The minimum Gasteiger partial charge on any atom is -0.397 e. The molecule has 0 aromatic carbocycles. The van der Waals surface area contributed by atoms with E-state index in [-0.39, 0.29) is 5.92 Å². The van der Waals surface area contributed by atoms with Gasteiger partial charge in [-0.15, -0.1) is 11.3 Å². The van der Waals surface area contributed by atoms with Gasteiger partial charge in [0.15, 0.2) is 5.78 Å². The van der Waals surface area contributed by atoms with Crippen LogP contribution in [0.4, 0.5) is 10.7 Å². The molecular formula is C16H22N2OS. The van der Waals surface area contributed by atoms with Gasteiger partial charge in [0.05, 0.1) is 15.6 Å². The minimum atomic E-state index is 0.264. The molecule has 0 bridgehead atoms. The third-order valence-electron chi connectivity index (χ3n) is 4.90. The van der Waals surface area contributed by atoms with Gasteiger partial charge >= 0.3 is 0 Å². The lowest BCUT2D eigenvalue weighted by atomic mass is 10.1. The number of nitrogen functional groups attached to an aromatic ring is 1. The van der Waals surface area contributed by atoms with E-state index in [1.54, 1.807) is 11.3 Å². The lowest BCUT2D eigenvalue weighted by Gasteiger charge is -2.06. The van der Waals surface area contributed by atoms with Gasteiger partial charge in [0.25, 0.3) is 0 Å². The highest BCUT2D eigenvalue weighted by atomic mass is 32.1. The summed E-state index contributed by atoms with van der Waals surface area (Å²) in [6, 6.07) is 0.611. The average Bonchev–Trinajstić information content (AvgIpc) is 3.30. The Labute approximate surface area is 123 Å². The Morgan fingerprint density at radius 1 is 1.35 bits per heavy atom. The van der Waals surface area contributed by atoms with Crippen molar-refractivity contribution in [2.45, 2.75) is 57.4 Å². The van der Waals surface area contributed by atoms with Crippen LogP contribution in [0.3, 0.4) is 0 Å². The molecule has 1 heterocycles. The Morgan fingerprint density at radius 2 is 2.10 bits per heavy atom. The lowest BCUT2D eigenvalue weighted by molar-refractivity contribution is 0.0972. The molecule has 3 N–H and O–H groups in total. The van der Waals surface area contributed by atoms with E-state index in [0.717, 1.165) is 29.3 Å². The maximum atomic E-state index is 12.4. The van der Waals surface area contributed by atoms with E-state index < -0.39 is 0 Å². The molecule has 20 heavy (non-hydrogen) atoms. The van der Waals surface area contributed by atoms with Crippen LogP contribution in [-0.2, 0) is 0 Å². The number of carbonyl (C=O) groups is 1. The van der Waals surface area contributed by atoms with Crippen LogP contribution in [0.1, 0.15) is 66.6 Å². The zero-order valence-electron chi connectivity index (χ0n) is 11.9. The number of anilines is 2. The molecule has 3 fully saturated rings. The van der Waals surface area contributed by atoms with Crippen molar-refractivity contribution in [3.8, 4) is 0 Å². The molecule has 4 rings (SSSR count). The third kappa shape index (κ3) is 2.14. The van der Waals surface area contributed by atoms with Crippen LogP contribution in [0.15, 0.2) is 0 Å². The Morgan fingerprint density at radius 3 is 2.65 bits per heavy atom. The van der Waals surface area contributed by atoms with Gasteiger partial charge < -0.3 is 11.1 Å². The Balaban J connectivity index is 1.62. The summed E-state index contributed by atoms with van der Waals surface area (Å²) in [5, 5.41) is 4.87. The second-order valence-electron chi connectivity index (χ2n) is 6.66. The molecule has 3 aliphatic carbocycles. The zero-order chi connectivity index (χ0) is 13.9. The van der Waals surface area contributed by atoms with Crippen LogP contribution in [0.2, 0.25) is 0 Å². The quantitative estimate of drug-likeness (QED) is 0.778. The Hall–Kier alpha value is -1.03. The molecule has 0 saturated heterocycles. The van der Waals surface area contributed by atoms with Gasteiger partial charge in [-0.3, -0.25) is 4.79 Å². The van der Waals surface area contributed by atoms with E-state index in [1.165, 1.54) is 36.2 Å². The normalized spacial score (nSPS) is 28.4. The predicted molar refractivity (Wildman–Crippen MR) is 83.6 cm³/mol. The molecule has 1 aromatic rings. The van der Waals surface area contributed by atoms with Gasteiger partial charge in [-0.05, 0) is 43.9 Å². The fourth-order valence-electron chi connectivity index (χ4n) is 3.10. The Bertz CT molecular complexity index is 557. The summed E-state index contributed by atoms with van der Waals surface area (Å²) < 4.78 is 0. The average molecular weight is 290 g/mol. The number of rotatable bonds is 6. The molecular weight excluding hydrogens is 268 g/mol. The second-order valence-corrected chi connectivity index (χ2v) is 7.68. The van der Waals surface area contributed by atoms with E-state index in [9.17, 15) is 4.79 Å². The first-order valence-electron chi connectivity index (χ1n) is 7.92. The van der Waals surface area contributed by atoms with E-state index >= 15 is 0 Å². The van der Waals surface area contributed by atoms with Crippen molar-refractivity contribution in [2.75, 3.05) is 11.1 Å². The molecule has 3 aliphatic rings. The van der Waals surface area contributed by atoms with Gasteiger partial charge in [-0.25, -0.2) is 0 Å².